The molecule has 0 saturated heterocycles. The smallest absolute Gasteiger partial charge is 0.306 e. The van der Waals surface area contributed by atoms with Crippen molar-refractivity contribution >= 4 is 11.9 Å². The lowest BCUT2D eigenvalue weighted by molar-refractivity contribution is -0.144. The Morgan fingerprint density at radius 1 is 1.05 bits per heavy atom. The third kappa shape index (κ3) is 5.51. The first kappa shape index (κ1) is 17.0. The molecule has 0 bridgehead atoms. The van der Waals surface area contributed by atoms with Crippen LogP contribution in [0.25, 0.3) is 0 Å². The molecule has 0 aromatic rings. The Morgan fingerprint density at radius 3 is 2.15 bits per heavy atom. The fourth-order valence-electron chi connectivity index (χ4n) is 3.01. The van der Waals surface area contributed by atoms with Crippen LogP contribution in [-0.2, 0) is 9.59 Å². The summed E-state index contributed by atoms with van der Waals surface area (Å²) in [5.74, 6) is -0.795. The highest BCUT2D eigenvalue weighted by atomic mass is 16.4. The van der Waals surface area contributed by atoms with Crippen LogP contribution in [0.4, 0.5) is 0 Å². The highest BCUT2D eigenvalue weighted by molar-refractivity contribution is 5.79. The van der Waals surface area contributed by atoms with Crippen LogP contribution in [0.5, 0.6) is 0 Å². The van der Waals surface area contributed by atoms with E-state index in [1.807, 2.05) is 0 Å². The maximum Gasteiger partial charge on any atom is 0.306 e. The number of hydrogen-bond donors (Lipinski definition) is 2. The van der Waals surface area contributed by atoms with E-state index in [9.17, 15) is 9.59 Å². The van der Waals surface area contributed by atoms with Gasteiger partial charge in [-0.05, 0) is 38.5 Å². The standard InChI is InChI=1S/C16H29NO3/c1-3-5-7-14(6-4-2)17-15(18)12-8-10-13(11-9-12)16(19)20/h12-14H,3-11H2,1-2H3,(H,17,18)(H,19,20). The third-order valence-electron chi connectivity index (χ3n) is 4.34. The first-order chi connectivity index (χ1) is 9.58. The molecule has 1 aliphatic carbocycles. The van der Waals surface area contributed by atoms with Crippen LogP contribution in [0.3, 0.4) is 0 Å². The van der Waals surface area contributed by atoms with Gasteiger partial charge in [-0.25, -0.2) is 0 Å². The molecule has 1 unspecified atom stereocenters. The van der Waals surface area contributed by atoms with Gasteiger partial charge in [-0.3, -0.25) is 9.59 Å². The van der Waals surface area contributed by atoms with E-state index in [0.29, 0.717) is 18.9 Å². The van der Waals surface area contributed by atoms with Crippen LogP contribution in [-0.4, -0.2) is 23.0 Å². The Balaban J connectivity index is 2.39. The van der Waals surface area contributed by atoms with Gasteiger partial charge in [0, 0.05) is 12.0 Å². The molecule has 1 atom stereocenters. The molecule has 0 radical (unpaired) electrons. The quantitative estimate of drug-likeness (QED) is 0.718. The van der Waals surface area contributed by atoms with Crippen molar-refractivity contribution in [3.8, 4) is 0 Å². The number of rotatable bonds is 8. The van der Waals surface area contributed by atoms with Crippen molar-refractivity contribution in [2.45, 2.75) is 77.7 Å². The average molecular weight is 283 g/mol. The Bertz CT molecular complexity index is 309. The summed E-state index contributed by atoms with van der Waals surface area (Å²) in [5, 5.41) is 12.2. The Kier molecular flexibility index (Phi) is 7.63. The first-order valence-corrected chi connectivity index (χ1v) is 8.11. The molecule has 1 aliphatic rings. The average Bonchev–Trinajstić information content (AvgIpc) is 2.45. The van der Waals surface area contributed by atoms with Gasteiger partial charge in [0.15, 0.2) is 0 Å². The summed E-state index contributed by atoms with van der Waals surface area (Å²) in [6.07, 6.45) is 8.19. The fourth-order valence-corrected chi connectivity index (χ4v) is 3.01. The molecule has 0 aliphatic heterocycles. The number of carboxylic acids is 1. The molecule has 0 heterocycles. The van der Waals surface area contributed by atoms with E-state index in [1.54, 1.807) is 0 Å². The number of unbranched alkanes of at least 4 members (excludes halogenated alkanes) is 1. The van der Waals surface area contributed by atoms with E-state index >= 15 is 0 Å². The number of amides is 1. The van der Waals surface area contributed by atoms with Crippen LogP contribution < -0.4 is 5.32 Å². The molecule has 2 N–H and O–H groups in total. The number of nitrogens with one attached hydrogen (secondary N) is 1. The number of aliphatic carboxylic acids is 1. The molecule has 0 spiro atoms. The van der Waals surface area contributed by atoms with Crippen molar-refractivity contribution < 1.29 is 14.7 Å². The van der Waals surface area contributed by atoms with Gasteiger partial charge < -0.3 is 10.4 Å². The summed E-state index contributed by atoms with van der Waals surface area (Å²) in [6, 6.07) is 0.296. The molecule has 0 aromatic carbocycles. The number of carboxylic acid groups (broad SMARTS) is 1. The predicted octanol–water partition coefficient (Wildman–Crippen LogP) is 3.35. The topological polar surface area (TPSA) is 66.4 Å². The van der Waals surface area contributed by atoms with E-state index in [4.69, 9.17) is 5.11 Å². The summed E-state index contributed by atoms with van der Waals surface area (Å²) in [6.45, 7) is 4.31. The van der Waals surface area contributed by atoms with Gasteiger partial charge in [-0.15, -0.1) is 0 Å². The number of carbonyl (C=O) groups is 2. The monoisotopic (exact) mass is 283 g/mol. The van der Waals surface area contributed by atoms with Crippen molar-refractivity contribution in [3.63, 3.8) is 0 Å². The highest BCUT2D eigenvalue weighted by Gasteiger charge is 2.30. The Labute approximate surface area is 122 Å². The normalized spacial score (nSPS) is 24.1. The van der Waals surface area contributed by atoms with Crippen LogP contribution in [0.15, 0.2) is 0 Å². The molecule has 1 rings (SSSR count). The first-order valence-electron chi connectivity index (χ1n) is 8.11. The van der Waals surface area contributed by atoms with Crippen LogP contribution in [0.2, 0.25) is 0 Å². The minimum absolute atomic E-state index is 0.0200. The summed E-state index contributed by atoms with van der Waals surface area (Å²) in [7, 11) is 0. The number of hydrogen-bond acceptors (Lipinski definition) is 2. The van der Waals surface area contributed by atoms with Gasteiger partial charge in [0.25, 0.3) is 0 Å². The van der Waals surface area contributed by atoms with Gasteiger partial charge in [0.1, 0.15) is 0 Å². The van der Waals surface area contributed by atoms with Crippen molar-refractivity contribution in [2.24, 2.45) is 11.8 Å². The summed E-state index contributed by atoms with van der Waals surface area (Å²) >= 11 is 0. The Morgan fingerprint density at radius 2 is 1.65 bits per heavy atom. The highest BCUT2D eigenvalue weighted by Crippen LogP contribution is 2.29. The second-order valence-corrected chi connectivity index (χ2v) is 6.02. The van der Waals surface area contributed by atoms with Crippen molar-refractivity contribution in [1.29, 1.82) is 0 Å². The third-order valence-corrected chi connectivity index (χ3v) is 4.34. The lowest BCUT2D eigenvalue weighted by Gasteiger charge is -2.27. The summed E-state index contributed by atoms with van der Waals surface area (Å²) < 4.78 is 0. The van der Waals surface area contributed by atoms with E-state index in [0.717, 1.165) is 44.9 Å². The minimum Gasteiger partial charge on any atom is -0.481 e. The minimum atomic E-state index is -0.712. The van der Waals surface area contributed by atoms with E-state index < -0.39 is 5.97 Å². The fraction of sp³-hybridized carbons (Fsp3) is 0.875. The van der Waals surface area contributed by atoms with Gasteiger partial charge in [-0.2, -0.15) is 0 Å². The van der Waals surface area contributed by atoms with Crippen LogP contribution in [0.1, 0.15) is 71.6 Å². The molecule has 4 nitrogen and oxygen atoms in total. The SMILES string of the molecule is CCCCC(CCC)NC(=O)C1CCC(C(=O)O)CC1. The molecule has 1 fully saturated rings. The van der Waals surface area contributed by atoms with Gasteiger partial charge >= 0.3 is 5.97 Å². The molecule has 20 heavy (non-hydrogen) atoms. The lowest BCUT2D eigenvalue weighted by Crippen LogP contribution is -2.40. The van der Waals surface area contributed by atoms with Crippen molar-refractivity contribution in [2.75, 3.05) is 0 Å². The predicted molar refractivity (Wildman–Crippen MR) is 79.4 cm³/mol. The van der Waals surface area contributed by atoms with Crippen LogP contribution >= 0.6 is 0 Å². The zero-order valence-corrected chi connectivity index (χ0v) is 12.9. The molecular formula is C16H29NO3. The number of carbonyl (C=O) groups excluding carboxylic acids is 1. The molecule has 116 valence electrons. The van der Waals surface area contributed by atoms with E-state index in [1.165, 1.54) is 0 Å². The lowest BCUT2D eigenvalue weighted by atomic mass is 9.81. The molecule has 1 amide bonds. The van der Waals surface area contributed by atoms with Crippen molar-refractivity contribution in [3.05, 3.63) is 0 Å². The molecule has 4 heteroatoms. The molecular weight excluding hydrogens is 254 g/mol. The molecule has 1 saturated carbocycles. The zero-order valence-electron chi connectivity index (χ0n) is 12.9. The summed E-state index contributed by atoms with van der Waals surface area (Å²) in [4.78, 5) is 23.2. The van der Waals surface area contributed by atoms with Gasteiger partial charge in [0.05, 0.1) is 5.92 Å². The van der Waals surface area contributed by atoms with Gasteiger partial charge in [0.2, 0.25) is 5.91 Å². The Hall–Kier alpha value is -1.06. The van der Waals surface area contributed by atoms with Crippen molar-refractivity contribution in [1.82, 2.24) is 5.32 Å². The summed E-state index contributed by atoms with van der Waals surface area (Å²) in [5.41, 5.74) is 0. The largest absolute Gasteiger partial charge is 0.481 e. The van der Waals surface area contributed by atoms with E-state index in [2.05, 4.69) is 19.2 Å². The maximum atomic E-state index is 12.3. The second-order valence-electron chi connectivity index (χ2n) is 6.02. The van der Waals surface area contributed by atoms with Crippen LogP contribution in [0, 0.1) is 11.8 Å². The maximum absolute atomic E-state index is 12.3. The zero-order chi connectivity index (χ0) is 15.0. The second kappa shape index (κ2) is 8.98. The molecule has 0 aromatic heterocycles. The van der Waals surface area contributed by atoms with Gasteiger partial charge in [-0.1, -0.05) is 33.1 Å². The van der Waals surface area contributed by atoms with E-state index in [-0.39, 0.29) is 17.7 Å².